The van der Waals surface area contributed by atoms with Gasteiger partial charge >= 0.3 is 6.36 Å². The zero-order valence-electron chi connectivity index (χ0n) is 10.7. The average molecular weight is 288 g/mol. The minimum atomic E-state index is -4.85. The third-order valence-corrected chi connectivity index (χ3v) is 3.31. The number of primary amides is 1. The first kappa shape index (κ1) is 14.6. The molecule has 1 aliphatic rings. The Labute approximate surface area is 114 Å². The summed E-state index contributed by atoms with van der Waals surface area (Å²) < 4.78 is 40.6. The number of halogens is 3. The number of ether oxygens (including phenoxy) is 1. The summed E-state index contributed by atoms with van der Waals surface area (Å²) in [4.78, 5) is 11.3. The van der Waals surface area contributed by atoms with Gasteiger partial charge in [-0.05, 0) is 49.5 Å². The van der Waals surface area contributed by atoms with Crippen molar-refractivity contribution in [2.75, 3.05) is 13.1 Å². The van der Waals surface area contributed by atoms with Crippen LogP contribution >= 0.6 is 0 Å². The fourth-order valence-electron chi connectivity index (χ4n) is 2.36. The Morgan fingerprint density at radius 2 is 1.95 bits per heavy atom. The van der Waals surface area contributed by atoms with Gasteiger partial charge in [0.25, 0.3) is 5.91 Å². The number of hydrogen-bond donors (Lipinski definition) is 2. The molecule has 1 fully saturated rings. The van der Waals surface area contributed by atoms with E-state index in [4.69, 9.17) is 5.73 Å². The van der Waals surface area contributed by atoms with Crippen LogP contribution in [0.15, 0.2) is 18.2 Å². The summed E-state index contributed by atoms with van der Waals surface area (Å²) in [6, 6.07) is 4.12. The highest BCUT2D eigenvalue weighted by Crippen LogP contribution is 2.31. The first-order valence-corrected chi connectivity index (χ1v) is 6.27. The fourth-order valence-corrected chi connectivity index (χ4v) is 2.36. The Morgan fingerprint density at radius 3 is 2.50 bits per heavy atom. The molecule has 1 heterocycles. The van der Waals surface area contributed by atoms with E-state index < -0.39 is 18.0 Å². The molecule has 0 bridgehead atoms. The summed E-state index contributed by atoms with van der Waals surface area (Å²) in [6.45, 7) is 1.69. The van der Waals surface area contributed by atoms with Gasteiger partial charge in [0.15, 0.2) is 0 Å². The molecule has 1 aromatic carbocycles. The minimum absolute atomic E-state index is 0.217. The van der Waals surface area contributed by atoms with Crippen LogP contribution in [0.25, 0.3) is 0 Å². The molecule has 0 aliphatic carbocycles. The second-order valence-electron chi connectivity index (χ2n) is 4.69. The Bertz CT molecular complexity index is 497. The third kappa shape index (κ3) is 3.63. The molecule has 0 spiro atoms. The van der Waals surface area contributed by atoms with Gasteiger partial charge in [-0.2, -0.15) is 0 Å². The van der Waals surface area contributed by atoms with Crippen LogP contribution in [0.4, 0.5) is 13.2 Å². The molecule has 0 radical (unpaired) electrons. The Balaban J connectivity index is 2.29. The first-order valence-electron chi connectivity index (χ1n) is 6.27. The minimum Gasteiger partial charge on any atom is -0.405 e. The Kier molecular flexibility index (Phi) is 4.17. The number of rotatable bonds is 3. The zero-order chi connectivity index (χ0) is 14.8. The lowest BCUT2D eigenvalue weighted by molar-refractivity contribution is -0.274. The van der Waals surface area contributed by atoms with E-state index in [2.05, 4.69) is 10.1 Å². The topological polar surface area (TPSA) is 64.4 Å². The van der Waals surface area contributed by atoms with Gasteiger partial charge in [-0.15, -0.1) is 13.2 Å². The molecule has 20 heavy (non-hydrogen) atoms. The summed E-state index contributed by atoms with van der Waals surface area (Å²) in [6.07, 6.45) is -3.10. The smallest absolute Gasteiger partial charge is 0.405 e. The average Bonchev–Trinajstić information content (AvgIpc) is 2.38. The lowest BCUT2D eigenvalue weighted by Crippen LogP contribution is -2.27. The van der Waals surface area contributed by atoms with Crippen LogP contribution in [0.5, 0.6) is 5.75 Å². The van der Waals surface area contributed by atoms with Crippen LogP contribution in [-0.4, -0.2) is 25.4 Å². The van der Waals surface area contributed by atoms with Crippen molar-refractivity contribution in [2.24, 2.45) is 5.73 Å². The number of carbonyl (C=O) groups excluding carboxylic acids is 1. The maximum atomic E-state index is 12.3. The van der Waals surface area contributed by atoms with Crippen LogP contribution in [0.1, 0.15) is 34.7 Å². The molecular weight excluding hydrogens is 273 g/mol. The van der Waals surface area contributed by atoms with Crippen molar-refractivity contribution in [3.8, 4) is 5.75 Å². The van der Waals surface area contributed by atoms with Gasteiger partial charge < -0.3 is 15.8 Å². The van der Waals surface area contributed by atoms with Gasteiger partial charge in [-0.25, -0.2) is 0 Å². The summed E-state index contributed by atoms with van der Waals surface area (Å²) in [5, 5.41) is 3.20. The van der Waals surface area contributed by atoms with Gasteiger partial charge in [-0.1, -0.05) is 6.07 Å². The van der Waals surface area contributed by atoms with Crippen LogP contribution in [-0.2, 0) is 0 Å². The predicted molar refractivity (Wildman–Crippen MR) is 66.5 cm³/mol. The number of nitrogens with two attached hydrogens (primary N) is 1. The second-order valence-corrected chi connectivity index (χ2v) is 4.69. The molecule has 2 rings (SSSR count). The van der Waals surface area contributed by atoms with E-state index in [0.717, 1.165) is 37.6 Å². The highest BCUT2D eigenvalue weighted by atomic mass is 19.4. The maximum Gasteiger partial charge on any atom is 0.573 e. The van der Waals surface area contributed by atoms with Gasteiger partial charge in [-0.3, -0.25) is 4.79 Å². The lowest BCUT2D eigenvalue weighted by atomic mass is 9.89. The van der Waals surface area contributed by atoms with E-state index in [0.29, 0.717) is 0 Å². The van der Waals surface area contributed by atoms with E-state index >= 15 is 0 Å². The van der Waals surface area contributed by atoms with Crippen LogP contribution in [0, 0.1) is 0 Å². The van der Waals surface area contributed by atoms with E-state index in [9.17, 15) is 18.0 Å². The molecule has 1 aliphatic heterocycles. The molecule has 1 amide bonds. The van der Waals surface area contributed by atoms with E-state index in [1.54, 1.807) is 6.07 Å². The van der Waals surface area contributed by atoms with Crippen LogP contribution < -0.4 is 15.8 Å². The summed E-state index contributed by atoms with van der Waals surface area (Å²) in [5.41, 5.74) is 5.71. The first-order chi connectivity index (χ1) is 9.37. The van der Waals surface area contributed by atoms with Gasteiger partial charge in [0.2, 0.25) is 0 Å². The quantitative estimate of drug-likeness (QED) is 0.895. The summed E-state index contributed by atoms with van der Waals surface area (Å²) >= 11 is 0. The molecule has 0 aromatic heterocycles. The van der Waals surface area contributed by atoms with Crippen molar-refractivity contribution >= 4 is 5.91 Å². The van der Waals surface area contributed by atoms with E-state index in [1.165, 1.54) is 6.07 Å². The van der Waals surface area contributed by atoms with Crippen molar-refractivity contribution in [1.29, 1.82) is 0 Å². The number of hydrogen-bond acceptors (Lipinski definition) is 3. The van der Waals surface area contributed by atoms with Gasteiger partial charge in [0.1, 0.15) is 5.75 Å². The molecule has 0 saturated carbocycles. The highest BCUT2D eigenvalue weighted by Gasteiger charge is 2.33. The van der Waals surface area contributed by atoms with Gasteiger partial charge in [0.05, 0.1) is 5.56 Å². The number of amides is 1. The van der Waals surface area contributed by atoms with Crippen molar-refractivity contribution in [2.45, 2.75) is 25.1 Å². The number of benzene rings is 1. The number of piperidine rings is 1. The maximum absolute atomic E-state index is 12.3. The summed E-state index contributed by atoms with van der Waals surface area (Å²) in [7, 11) is 0. The predicted octanol–water partition coefficient (Wildman–Crippen LogP) is 2.15. The van der Waals surface area contributed by atoms with Crippen molar-refractivity contribution in [3.05, 3.63) is 29.3 Å². The number of nitrogens with one attached hydrogen (secondary N) is 1. The SMILES string of the molecule is NC(=O)c1cc(C2CCNCC2)ccc1OC(F)(F)F. The molecule has 3 N–H and O–H groups in total. The molecule has 0 unspecified atom stereocenters. The Morgan fingerprint density at radius 1 is 1.30 bits per heavy atom. The molecule has 110 valence electrons. The third-order valence-electron chi connectivity index (χ3n) is 3.31. The number of carbonyl (C=O) groups is 1. The monoisotopic (exact) mass is 288 g/mol. The van der Waals surface area contributed by atoms with Crippen molar-refractivity contribution < 1.29 is 22.7 Å². The van der Waals surface area contributed by atoms with E-state index in [1.807, 2.05) is 0 Å². The molecular formula is C13H15F3N2O2. The molecule has 4 nitrogen and oxygen atoms in total. The highest BCUT2D eigenvalue weighted by molar-refractivity contribution is 5.95. The molecule has 7 heteroatoms. The summed E-state index contributed by atoms with van der Waals surface area (Å²) in [5.74, 6) is -1.27. The molecule has 1 aromatic rings. The fraction of sp³-hybridized carbons (Fsp3) is 0.462. The standard InChI is InChI=1S/C13H15F3N2O2/c14-13(15,16)20-11-2-1-9(7-10(11)12(17)19)8-3-5-18-6-4-8/h1-2,7-8,18H,3-6H2,(H2,17,19). The Hall–Kier alpha value is -1.76. The largest absolute Gasteiger partial charge is 0.573 e. The van der Waals surface area contributed by atoms with Crippen molar-refractivity contribution in [1.82, 2.24) is 5.32 Å². The van der Waals surface area contributed by atoms with Crippen LogP contribution in [0.3, 0.4) is 0 Å². The normalized spacial score (nSPS) is 16.9. The van der Waals surface area contributed by atoms with Crippen molar-refractivity contribution in [3.63, 3.8) is 0 Å². The van der Waals surface area contributed by atoms with Gasteiger partial charge in [0, 0.05) is 0 Å². The lowest BCUT2D eigenvalue weighted by Gasteiger charge is -2.23. The van der Waals surface area contributed by atoms with E-state index in [-0.39, 0.29) is 11.5 Å². The molecule has 0 atom stereocenters. The zero-order valence-corrected chi connectivity index (χ0v) is 10.7. The molecule has 1 saturated heterocycles. The van der Waals surface area contributed by atoms with Crippen LogP contribution in [0.2, 0.25) is 0 Å². The second kappa shape index (κ2) is 5.70. The number of alkyl halides is 3.